The van der Waals surface area contributed by atoms with Crippen LogP contribution in [0.2, 0.25) is 0 Å². The van der Waals surface area contributed by atoms with E-state index in [9.17, 15) is 9.59 Å². The van der Waals surface area contributed by atoms with Crippen LogP contribution in [0, 0.1) is 0 Å². The fourth-order valence-corrected chi connectivity index (χ4v) is 1.68. The van der Waals surface area contributed by atoms with Crippen LogP contribution >= 0.6 is 11.8 Å². The minimum atomic E-state index is -0.342. The van der Waals surface area contributed by atoms with Crippen molar-refractivity contribution in [2.24, 2.45) is 5.73 Å². The van der Waals surface area contributed by atoms with Gasteiger partial charge < -0.3 is 11.1 Å². The number of nitrogens with one attached hydrogen (secondary N) is 1. The molecule has 0 aromatic rings. The van der Waals surface area contributed by atoms with Gasteiger partial charge in [-0.25, -0.2) is 0 Å². The summed E-state index contributed by atoms with van der Waals surface area (Å²) in [6.07, 6.45) is 0.670. The van der Waals surface area contributed by atoms with Crippen LogP contribution in [0.15, 0.2) is 0 Å². The molecule has 15 heavy (non-hydrogen) atoms. The number of amides is 1. The van der Waals surface area contributed by atoms with Crippen LogP contribution in [-0.2, 0) is 9.59 Å². The lowest BCUT2D eigenvalue weighted by Gasteiger charge is -2.10. The van der Waals surface area contributed by atoms with Gasteiger partial charge in [0.15, 0.2) is 0 Å². The Morgan fingerprint density at radius 1 is 1.40 bits per heavy atom. The highest BCUT2D eigenvalue weighted by atomic mass is 32.2. The second kappa shape index (κ2) is 11.5. The maximum Gasteiger partial charge on any atom is 0.234 e. The molecule has 0 rings (SSSR count). The van der Waals surface area contributed by atoms with E-state index < -0.39 is 0 Å². The number of hydrogen-bond acceptors (Lipinski definition) is 4. The molecular weight excluding hydrogens is 212 g/mol. The highest BCUT2D eigenvalue weighted by molar-refractivity contribution is 7.99. The molecule has 0 bridgehead atoms. The van der Waals surface area contributed by atoms with Crippen molar-refractivity contribution in [2.75, 3.05) is 18.6 Å². The molecule has 1 atom stereocenters. The number of carbonyl (C=O) groups excluding carboxylic acids is 2. The number of likely N-dealkylation sites (N-methyl/N-ethyl adjacent to an activating group) is 1. The van der Waals surface area contributed by atoms with Gasteiger partial charge in [-0.2, -0.15) is 11.8 Å². The minimum Gasteiger partial charge on any atom is -0.368 e. The summed E-state index contributed by atoms with van der Waals surface area (Å²) < 4.78 is 0. The lowest BCUT2D eigenvalue weighted by molar-refractivity contribution is -0.120. The molecule has 1 amide bonds. The Labute approximate surface area is 96.4 Å². The van der Waals surface area contributed by atoms with Crippen LogP contribution in [-0.4, -0.2) is 36.3 Å². The first kappa shape index (κ1) is 16.9. The van der Waals surface area contributed by atoms with Gasteiger partial charge in [-0.05, 0) is 26.1 Å². The summed E-state index contributed by atoms with van der Waals surface area (Å²) in [6.45, 7) is 5.55. The van der Waals surface area contributed by atoms with E-state index in [0.717, 1.165) is 5.75 Å². The van der Waals surface area contributed by atoms with Crippen LogP contribution in [0.4, 0.5) is 0 Å². The Hall–Kier alpha value is -0.550. The number of thioether (sulfide) groups is 1. The van der Waals surface area contributed by atoms with Gasteiger partial charge in [-0.1, -0.05) is 13.8 Å². The molecule has 0 heterocycles. The molecule has 5 heteroatoms. The first-order valence-corrected chi connectivity index (χ1v) is 6.27. The molecule has 0 aliphatic carbocycles. The largest absolute Gasteiger partial charge is 0.368 e. The van der Waals surface area contributed by atoms with Crippen molar-refractivity contribution in [1.29, 1.82) is 0 Å². The van der Waals surface area contributed by atoms with Gasteiger partial charge in [0, 0.05) is 0 Å². The van der Waals surface area contributed by atoms with Crippen molar-refractivity contribution in [3.05, 3.63) is 0 Å². The zero-order valence-corrected chi connectivity index (χ0v) is 10.8. The van der Waals surface area contributed by atoms with Crippen molar-refractivity contribution in [3.63, 3.8) is 0 Å². The van der Waals surface area contributed by atoms with Crippen molar-refractivity contribution in [2.45, 2.75) is 33.2 Å². The SMILES string of the molecule is CC.CNC(CCSCC(C)=O)C(N)=O. The topological polar surface area (TPSA) is 72.2 Å². The second-order valence-corrected chi connectivity index (χ2v) is 3.89. The third-order valence-corrected chi connectivity index (χ3v) is 2.68. The normalized spacial score (nSPS) is 11.2. The van der Waals surface area contributed by atoms with Gasteiger partial charge >= 0.3 is 0 Å². The Morgan fingerprint density at radius 3 is 2.27 bits per heavy atom. The Bertz CT molecular complexity index is 186. The van der Waals surface area contributed by atoms with E-state index in [1.807, 2.05) is 13.8 Å². The molecule has 0 aliphatic rings. The average Bonchev–Trinajstić information content (AvgIpc) is 2.20. The predicted molar refractivity (Wildman–Crippen MR) is 66.0 cm³/mol. The standard InChI is InChI=1S/C8H16N2O2S.C2H6/c1-6(11)5-13-4-3-7(10-2)8(9)12;1-2/h7,10H,3-5H2,1-2H3,(H2,9,12);1-2H3. The lowest BCUT2D eigenvalue weighted by atomic mass is 10.2. The smallest absolute Gasteiger partial charge is 0.234 e. The summed E-state index contributed by atoms with van der Waals surface area (Å²) in [5.74, 6) is 1.10. The van der Waals surface area contributed by atoms with Gasteiger partial charge in [-0.3, -0.25) is 9.59 Å². The second-order valence-electron chi connectivity index (χ2n) is 2.79. The summed E-state index contributed by atoms with van der Waals surface area (Å²) >= 11 is 1.53. The summed E-state index contributed by atoms with van der Waals surface area (Å²) in [7, 11) is 1.70. The van der Waals surface area contributed by atoms with Crippen LogP contribution in [0.25, 0.3) is 0 Å². The summed E-state index contributed by atoms with van der Waals surface area (Å²) in [6, 6.07) is -0.278. The van der Waals surface area contributed by atoms with Gasteiger partial charge in [0.25, 0.3) is 0 Å². The maximum atomic E-state index is 10.7. The Balaban J connectivity index is 0. The van der Waals surface area contributed by atoms with Gasteiger partial charge in [-0.15, -0.1) is 0 Å². The molecule has 0 spiro atoms. The third-order valence-electron chi connectivity index (χ3n) is 1.55. The first-order chi connectivity index (χ1) is 7.07. The summed E-state index contributed by atoms with van der Waals surface area (Å²) in [5, 5.41) is 2.82. The van der Waals surface area contributed by atoms with E-state index in [2.05, 4.69) is 5.32 Å². The van der Waals surface area contributed by atoms with E-state index >= 15 is 0 Å². The van der Waals surface area contributed by atoms with Crippen LogP contribution in [0.3, 0.4) is 0 Å². The Kier molecular flexibility index (Phi) is 13.0. The zero-order valence-electron chi connectivity index (χ0n) is 10.0. The number of Topliss-reactive ketones (excluding diaryl/α,β-unsaturated/α-hetero) is 1. The highest BCUT2D eigenvalue weighted by Gasteiger charge is 2.11. The average molecular weight is 234 g/mol. The van der Waals surface area contributed by atoms with E-state index in [4.69, 9.17) is 5.73 Å². The fraction of sp³-hybridized carbons (Fsp3) is 0.800. The molecule has 0 saturated carbocycles. The van der Waals surface area contributed by atoms with E-state index in [0.29, 0.717) is 12.2 Å². The summed E-state index contributed by atoms with van der Waals surface area (Å²) in [4.78, 5) is 21.3. The van der Waals surface area contributed by atoms with Crippen molar-refractivity contribution < 1.29 is 9.59 Å². The molecule has 90 valence electrons. The molecule has 0 aliphatic heterocycles. The molecule has 0 fully saturated rings. The number of hydrogen-bond donors (Lipinski definition) is 2. The van der Waals surface area contributed by atoms with Gasteiger partial charge in [0.1, 0.15) is 5.78 Å². The van der Waals surface area contributed by atoms with Crippen molar-refractivity contribution in [1.82, 2.24) is 5.32 Å². The summed E-state index contributed by atoms with van der Waals surface area (Å²) in [5.41, 5.74) is 5.11. The molecule has 1 unspecified atom stereocenters. The molecule has 0 radical (unpaired) electrons. The van der Waals surface area contributed by atoms with E-state index in [1.165, 1.54) is 11.8 Å². The highest BCUT2D eigenvalue weighted by Crippen LogP contribution is 2.04. The number of rotatable bonds is 7. The zero-order chi connectivity index (χ0) is 12.3. The minimum absolute atomic E-state index is 0.157. The van der Waals surface area contributed by atoms with Crippen molar-refractivity contribution >= 4 is 23.5 Å². The number of nitrogens with two attached hydrogens (primary N) is 1. The molecule has 4 nitrogen and oxygen atoms in total. The number of ketones is 1. The Morgan fingerprint density at radius 2 is 1.93 bits per heavy atom. The molecule has 3 N–H and O–H groups in total. The first-order valence-electron chi connectivity index (χ1n) is 5.11. The van der Waals surface area contributed by atoms with E-state index in [1.54, 1.807) is 14.0 Å². The maximum absolute atomic E-state index is 10.7. The van der Waals surface area contributed by atoms with E-state index in [-0.39, 0.29) is 17.7 Å². The van der Waals surface area contributed by atoms with Gasteiger partial charge in [0.05, 0.1) is 11.8 Å². The van der Waals surface area contributed by atoms with Crippen LogP contribution in [0.1, 0.15) is 27.2 Å². The lowest BCUT2D eigenvalue weighted by Crippen LogP contribution is -2.39. The van der Waals surface area contributed by atoms with Crippen LogP contribution in [0.5, 0.6) is 0 Å². The fourth-order valence-electron chi connectivity index (χ4n) is 0.846. The quantitative estimate of drug-likeness (QED) is 0.639. The molecule has 0 aromatic heterocycles. The van der Waals surface area contributed by atoms with Crippen molar-refractivity contribution in [3.8, 4) is 0 Å². The predicted octanol–water partition coefficient (Wildman–Crippen LogP) is 0.798. The molecule has 0 aromatic carbocycles. The number of carbonyl (C=O) groups is 2. The van der Waals surface area contributed by atoms with Crippen LogP contribution < -0.4 is 11.1 Å². The third kappa shape index (κ3) is 11.4. The van der Waals surface area contributed by atoms with Gasteiger partial charge in [0.2, 0.25) is 5.91 Å². The number of primary amides is 1. The molecule has 0 saturated heterocycles. The molecular formula is C10H22N2O2S. The monoisotopic (exact) mass is 234 g/mol.